The quantitative estimate of drug-likeness (QED) is 0.480. The molecule has 0 aliphatic rings. The van der Waals surface area contributed by atoms with E-state index < -0.39 is 16.9 Å². The maximum absolute atomic E-state index is 10.9. The van der Waals surface area contributed by atoms with Crippen molar-refractivity contribution in [3.63, 3.8) is 0 Å². The molecule has 9 nitrogen and oxygen atoms in total. The minimum Gasteiger partial charge on any atom is -0.465 e. The molecule has 0 aromatic heterocycles. The van der Waals surface area contributed by atoms with Crippen molar-refractivity contribution in [2.45, 2.75) is 7.43 Å². The lowest BCUT2D eigenvalue weighted by Crippen LogP contribution is -2.01. The molecule has 0 unspecified atom stereocenters. The second kappa shape index (κ2) is 11.2. The number of nitro benzene ring substituents is 1. The van der Waals surface area contributed by atoms with Crippen LogP contribution in [0.1, 0.15) is 28.1 Å². The Morgan fingerprint density at radius 3 is 1.96 bits per heavy atom. The minimum absolute atomic E-state index is 0. The maximum Gasteiger partial charge on any atom is 0.338 e. The van der Waals surface area contributed by atoms with Crippen molar-refractivity contribution in [3.8, 4) is 0 Å². The van der Waals surface area contributed by atoms with Crippen molar-refractivity contribution < 1.29 is 29.2 Å². The number of carbonyl (C=O) groups is 2. The zero-order chi connectivity index (χ0) is 18.8. The number of rotatable bonds is 4. The molecule has 0 saturated carbocycles. The molecule has 2 rings (SSSR count). The fourth-order valence-corrected chi connectivity index (χ4v) is 1.70. The average Bonchev–Trinajstić information content (AvgIpc) is 2.67. The Bertz CT molecular complexity index is 762. The number of hydrogen-bond donors (Lipinski definition) is 2. The van der Waals surface area contributed by atoms with E-state index in [1.54, 1.807) is 18.2 Å². The van der Waals surface area contributed by atoms with Gasteiger partial charge in [0.05, 0.1) is 36.0 Å². The van der Waals surface area contributed by atoms with Gasteiger partial charge in [0.25, 0.3) is 5.69 Å². The van der Waals surface area contributed by atoms with Gasteiger partial charge in [-0.25, -0.2) is 9.59 Å². The van der Waals surface area contributed by atoms with Crippen LogP contribution in [-0.4, -0.2) is 36.3 Å². The van der Waals surface area contributed by atoms with E-state index >= 15 is 0 Å². The van der Waals surface area contributed by atoms with Crippen LogP contribution in [0, 0.1) is 10.1 Å². The van der Waals surface area contributed by atoms with Gasteiger partial charge in [-0.3, -0.25) is 20.8 Å². The summed E-state index contributed by atoms with van der Waals surface area (Å²) in [6.45, 7) is 0. The molecule has 0 bridgehead atoms. The number of esters is 2. The molecule has 9 heteroatoms. The third-order valence-electron chi connectivity index (χ3n) is 2.89. The highest BCUT2D eigenvalue weighted by molar-refractivity contribution is 5.90. The van der Waals surface area contributed by atoms with E-state index in [1.165, 1.54) is 44.6 Å². The lowest BCUT2D eigenvalue weighted by Gasteiger charge is -2.01. The third-order valence-corrected chi connectivity index (χ3v) is 2.89. The summed E-state index contributed by atoms with van der Waals surface area (Å²) in [5.74, 6) is -1.00. The number of carbonyl (C=O) groups excluding carboxylic acids is 2. The molecule has 2 aromatic rings. The van der Waals surface area contributed by atoms with E-state index in [0.29, 0.717) is 11.3 Å². The Labute approximate surface area is 150 Å². The second-order valence-electron chi connectivity index (χ2n) is 4.48. The molecule has 0 atom stereocenters. The molecule has 0 radical (unpaired) electrons. The summed E-state index contributed by atoms with van der Waals surface area (Å²) in [7, 11) is 2.53. The molecular weight excluding hydrogens is 344 g/mol. The second-order valence-corrected chi connectivity index (χ2v) is 4.48. The van der Waals surface area contributed by atoms with E-state index in [0.717, 1.165) is 0 Å². The molecule has 0 saturated heterocycles. The van der Waals surface area contributed by atoms with Crippen LogP contribution in [0.25, 0.3) is 0 Å². The van der Waals surface area contributed by atoms with Crippen LogP contribution < -0.4 is 5.48 Å². The molecule has 140 valence electrons. The van der Waals surface area contributed by atoms with Gasteiger partial charge in [-0.2, -0.15) is 0 Å². The monoisotopic (exact) mass is 364 g/mol. The SMILES string of the molecule is C.COC(=O)c1cccc(NO)c1.COC(=O)c1cccc([N+](=O)[O-])c1. The number of anilines is 1. The summed E-state index contributed by atoms with van der Waals surface area (Å²) < 4.78 is 8.90. The van der Waals surface area contributed by atoms with E-state index in [4.69, 9.17) is 5.21 Å². The number of nitrogens with zero attached hydrogens (tertiary/aromatic N) is 1. The summed E-state index contributed by atoms with van der Waals surface area (Å²) in [5, 5.41) is 18.8. The lowest BCUT2D eigenvalue weighted by atomic mass is 10.2. The molecule has 0 heterocycles. The van der Waals surface area contributed by atoms with Crippen LogP contribution in [0.3, 0.4) is 0 Å². The molecule has 2 N–H and O–H groups in total. The number of non-ortho nitro benzene ring substituents is 1. The fraction of sp³-hybridized carbons (Fsp3) is 0.176. The summed E-state index contributed by atoms with van der Waals surface area (Å²) in [6.07, 6.45) is 0. The van der Waals surface area contributed by atoms with Crippen LogP contribution in [0.5, 0.6) is 0 Å². The predicted octanol–water partition coefficient (Wildman–Crippen LogP) is 3.29. The number of methoxy groups -OCH3 is 2. The van der Waals surface area contributed by atoms with Crippen molar-refractivity contribution >= 4 is 23.3 Å². The van der Waals surface area contributed by atoms with Gasteiger partial charge < -0.3 is 9.47 Å². The molecule has 26 heavy (non-hydrogen) atoms. The Morgan fingerprint density at radius 1 is 1.00 bits per heavy atom. The smallest absolute Gasteiger partial charge is 0.338 e. The van der Waals surface area contributed by atoms with Crippen molar-refractivity contribution in [3.05, 3.63) is 69.8 Å². The Morgan fingerprint density at radius 2 is 1.50 bits per heavy atom. The highest BCUT2D eigenvalue weighted by atomic mass is 16.6. The largest absolute Gasteiger partial charge is 0.465 e. The van der Waals surface area contributed by atoms with Gasteiger partial charge in [0, 0.05) is 12.1 Å². The molecule has 0 amide bonds. The Balaban J connectivity index is 0.000000464. The zero-order valence-corrected chi connectivity index (χ0v) is 13.5. The van der Waals surface area contributed by atoms with E-state index in [-0.39, 0.29) is 18.7 Å². The molecule has 2 aromatic carbocycles. The van der Waals surface area contributed by atoms with Crippen molar-refractivity contribution in [2.75, 3.05) is 19.7 Å². The van der Waals surface area contributed by atoms with Crippen LogP contribution in [-0.2, 0) is 9.47 Å². The van der Waals surface area contributed by atoms with E-state index in [2.05, 4.69) is 9.47 Å². The first-order chi connectivity index (χ1) is 11.9. The average molecular weight is 364 g/mol. The minimum atomic E-state index is -0.580. The highest BCUT2D eigenvalue weighted by Crippen LogP contribution is 2.13. The topological polar surface area (TPSA) is 128 Å². The van der Waals surface area contributed by atoms with E-state index in [1.807, 2.05) is 5.48 Å². The number of hydrogen-bond acceptors (Lipinski definition) is 8. The summed E-state index contributed by atoms with van der Waals surface area (Å²) >= 11 is 0. The molecule has 0 spiro atoms. The van der Waals surface area contributed by atoms with Crippen molar-refractivity contribution in [1.29, 1.82) is 0 Å². The first-order valence-electron chi connectivity index (χ1n) is 6.84. The molecular formula is C17H20N2O7. The van der Waals surface area contributed by atoms with Gasteiger partial charge in [-0.15, -0.1) is 0 Å². The van der Waals surface area contributed by atoms with Gasteiger partial charge >= 0.3 is 11.9 Å². The number of ether oxygens (including phenoxy) is 2. The number of nitrogens with one attached hydrogen (secondary N) is 1. The highest BCUT2D eigenvalue weighted by Gasteiger charge is 2.10. The van der Waals surface area contributed by atoms with E-state index in [9.17, 15) is 19.7 Å². The normalized spacial score (nSPS) is 8.88. The third kappa shape index (κ3) is 6.57. The summed E-state index contributed by atoms with van der Waals surface area (Å²) in [6, 6.07) is 11.7. The van der Waals surface area contributed by atoms with Gasteiger partial charge in [-0.1, -0.05) is 19.6 Å². The predicted molar refractivity (Wildman–Crippen MR) is 94.4 cm³/mol. The summed E-state index contributed by atoms with van der Waals surface area (Å²) in [5.41, 5.74) is 2.85. The van der Waals surface area contributed by atoms with Gasteiger partial charge in [-0.05, 0) is 24.3 Å². The maximum atomic E-state index is 10.9. The van der Waals surface area contributed by atoms with Gasteiger partial charge in [0.15, 0.2) is 0 Å². The molecule has 0 fully saturated rings. The van der Waals surface area contributed by atoms with Gasteiger partial charge in [0.2, 0.25) is 0 Å². The zero-order valence-electron chi connectivity index (χ0n) is 13.5. The van der Waals surface area contributed by atoms with Crippen LogP contribution in [0.2, 0.25) is 0 Å². The molecule has 0 aliphatic carbocycles. The Kier molecular flexibility index (Phi) is 9.67. The van der Waals surface area contributed by atoms with Crippen molar-refractivity contribution in [2.24, 2.45) is 0 Å². The Hall–Kier alpha value is -3.46. The first kappa shape index (κ1) is 22.5. The summed E-state index contributed by atoms with van der Waals surface area (Å²) in [4.78, 5) is 31.6. The number of benzene rings is 2. The van der Waals surface area contributed by atoms with Crippen LogP contribution in [0.4, 0.5) is 11.4 Å². The first-order valence-corrected chi connectivity index (χ1v) is 6.84. The fourth-order valence-electron chi connectivity index (χ4n) is 1.70. The lowest BCUT2D eigenvalue weighted by molar-refractivity contribution is -0.384. The number of nitro groups is 1. The van der Waals surface area contributed by atoms with Crippen LogP contribution in [0.15, 0.2) is 48.5 Å². The van der Waals surface area contributed by atoms with Crippen LogP contribution >= 0.6 is 0 Å². The van der Waals surface area contributed by atoms with Crippen molar-refractivity contribution in [1.82, 2.24) is 0 Å². The standard InChI is InChI=1S/C8H7NO4.C8H9NO3.CH4/c1-13-8(10)6-3-2-4-7(5-6)9(11)12;1-12-8(10)6-3-2-4-7(5-6)9-11;/h2-5H,1H3;2-5,9,11H,1H3;1H4. The molecule has 0 aliphatic heterocycles. The van der Waals surface area contributed by atoms with Gasteiger partial charge in [0.1, 0.15) is 0 Å².